The fraction of sp³-hybridized carbons (Fsp3) is 0.429. The molecule has 0 bridgehead atoms. The van der Waals surface area contributed by atoms with Gasteiger partial charge in [-0.05, 0) is 6.07 Å². The van der Waals surface area contributed by atoms with E-state index in [1.165, 1.54) is 10.7 Å². The van der Waals surface area contributed by atoms with Crippen LogP contribution >= 0.6 is 0 Å². The van der Waals surface area contributed by atoms with Crippen LogP contribution in [0.1, 0.15) is 5.69 Å². The molecule has 0 atom stereocenters. The Morgan fingerprint density at radius 1 is 1.12 bits per heavy atom. The van der Waals surface area contributed by atoms with Crippen molar-refractivity contribution in [3.63, 3.8) is 0 Å². The van der Waals surface area contributed by atoms with Crippen LogP contribution in [0.2, 0.25) is 0 Å². The quantitative estimate of drug-likeness (QED) is 0.810. The van der Waals surface area contributed by atoms with Gasteiger partial charge in [0.15, 0.2) is 0 Å². The summed E-state index contributed by atoms with van der Waals surface area (Å²) in [5.74, 6) is 0.0616. The van der Waals surface area contributed by atoms with Crippen LogP contribution in [0.5, 0.6) is 0 Å². The Balaban J connectivity index is 1.71. The number of aryl methyl sites for hydroxylation is 1. The first kappa shape index (κ1) is 16.2. The minimum absolute atomic E-state index is 0.0616. The van der Waals surface area contributed by atoms with Gasteiger partial charge >= 0.3 is 6.18 Å². The lowest BCUT2D eigenvalue weighted by atomic mass is 10.3. The standard InChI is InChI=1S/C14H15F3N6O/c1-21-12(24)8-10(9-19-21)22-4-6-23(7-5-22)13-18-3-2-11(20-13)14(15,16)17/h2-3,8-9H,4-7H2,1H3. The Labute approximate surface area is 135 Å². The third-order valence-corrected chi connectivity index (χ3v) is 3.81. The Morgan fingerprint density at radius 2 is 1.79 bits per heavy atom. The molecule has 1 fully saturated rings. The first-order chi connectivity index (χ1) is 11.3. The van der Waals surface area contributed by atoms with Crippen molar-refractivity contribution in [3.8, 4) is 0 Å². The van der Waals surface area contributed by atoms with Crippen LogP contribution in [0.25, 0.3) is 0 Å². The molecule has 3 rings (SSSR count). The normalized spacial score (nSPS) is 15.7. The first-order valence-corrected chi connectivity index (χ1v) is 7.28. The molecule has 128 valence electrons. The van der Waals surface area contributed by atoms with E-state index in [4.69, 9.17) is 0 Å². The van der Waals surface area contributed by atoms with Gasteiger partial charge in [0.2, 0.25) is 5.95 Å². The van der Waals surface area contributed by atoms with Crippen LogP contribution in [-0.4, -0.2) is 45.9 Å². The predicted molar refractivity (Wildman–Crippen MR) is 80.9 cm³/mol. The molecule has 0 N–H and O–H groups in total. The van der Waals surface area contributed by atoms with E-state index in [1.807, 2.05) is 4.90 Å². The van der Waals surface area contributed by atoms with Crippen molar-refractivity contribution in [3.05, 3.63) is 40.6 Å². The molecule has 0 spiro atoms. The van der Waals surface area contributed by atoms with Gasteiger partial charge in [0.1, 0.15) is 5.69 Å². The summed E-state index contributed by atoms with van der Waals surface area (Å²) in [6.45, 7) is 1.98. The number of rotatable bonds is 2. The highest BCUT2D eigenvalue weighted by Crippen LogP contribution is 2.28. The summed E-state index contributed by atoms with van der Waals surface area (Å²) in [6, 6.07) is 2.34. The topological polar surface area (TPSA) is 67.2 Å². The number of aromatic nitrogens is 4. The SMILES string of the molecule is Cn1ncc(N2CCN(c3nccc(C(F)(F)F)n3)CC2)cc1=O. The molecule has 0 unspecified atom stereocenters. The van der Waals surface area contributed by atoms with Crippen LogP contribution in [0.4, 0.5) is 24.8 Å². The maximum absolute atomic E-state index is 12.7. The van der Waals surface area contributed by atoms with Crippen LogP contribution in [0, 0.1) is 0 Å². The molecule has 0 aliphatic carbocycles. The van der Waals surface area contributed by atoms with E-state index in [1.54, 1.807) is 18.1 Å². The van der Waals surface area contributed by atoms with Crippen LogP contribution in [-0.2, 0) is 13.2 Å². The average Bonchev–Trinajstić information content (AvgIpc) is 2.57. The van der Waals surface area contributed by atoms with Crippen LogP contribution in [0.3, 0.4) is 0 Å². The second kappa shape index (κ2) is 6.10. The predicted octanol–water partition coefficient (Wildman–Crippen LogP) is 0.916. The molecule has 0 aromatic carbocycles. The molecule has 0 amide bonds. The van der Waals surface area contributed by atoms with E-state index < -0.39 is 11.9 Å². The number of alkyl halides is 3. The number of anilines is 2. The smallest absolute Gasteiger partial charge is 0.367 e. The van der Waals surface area contributed by atoms with Gasteiger partial charge in [-0.2, -0.15) is 18.3 Å². The van der Waals surface area contributed by atoms with Gasteiger partial charge in [-0.15, -0.1) is 0 Å². The van der Waals surface area contributed by atoms with E-state index in [9.17, 15) is 18.0 Å². The summed E-state index contributed by atoms with van der Waals surface area (Å²) in [5, 5.41) is 3.97. The van der Waals surface area contributed by atoms with E-state index in [2.05, 4.69) is 15.1 Å². The third kappa shape index (κ3) is 3.31. The zero-order chi connectivity index (χ0) is 17.3. The monoisotopic (exact) mass is 340 g/mol. The summed E-state index contributed by atoms with van der Waals surface area (Å²) in [5.41, 5.74) is -0.468. The van der Waals surface area contributed by atoms with Gasteiger partial charge in [-0.1, -0.05) is 0 Å². The van der Waals surface area contributed by atoms with Crippen molar-refractivity contribution in [2.75, 3.05) is 36.0 Å². The van der Waals surface area contributed by atoms with E-state index in [0.29, 0.717) is 31.9 Å². The Bertz CT molecular complexity index is 783. The maximum atomic E-state index is 12.7. The lowest BCUT2D eigenvalue weighted by Gasteiger charge is -2.35. The molecule has 1 saturated heterocycles. The van der Waals surface area contributed by atoms with Gasteiger partial charge in [0.25, 0.3) is 5.56 Å². The van der Waals surface area contributed by atoms with Crippen molar-refractivity contribution in [2.45, 2.75) is 6.18 Å². The largest absolute Gasteiger partial charge is 0.433 e. The van der Waals surface area contributed by atoms with E-state index in [0.717, 1.165) is 12.3 Å². The van der Waals surface area contributed by atoms with Gasteiger partial charge in [0.05, 0.1) is 11.9 Å². The number of nitrogens with zero attached hydrogens (tertiary/aromatic N) is 6. The van der Waals surface area contributed by atoms with Crippen molar-refractivity contribution in [2.24, 2.45) is 7.05 Å². The molecule has 7 nitrogen and oxygen atoms in total. The van der Waals surface area contributed by atoms with Gasteiger partial charge in [-0.25, -0.2) is 14.6 Å². The second-order valence-electron chi connectivity index (χ2n) is 5.39. The van der Waals surface area contributed by atoms with Gasteiger partial charge in [-0.3, -0.25) is 4.79 Å². The lowest BCUT2D eigenvalue weighted by molar-refractivity contribution is -0.141. The second-order valence-corrected chi connectivity index (χ2v) is 5.39. The van der Waals surface area contributed by atoms with Crippen molar-refractivity contribution in [1.82, 2.24) is 19.7 Å². The number of hydrogen-bond donors (Lipinski definition) is 0. The zero-order valence-corrected chi connectivity index (χ0v) is 12.9. The third-order valence-electron chi connectivity index (χ3n) is 3.81. The maximum Gasteiger partial charge on any atom is 0.433 e. The average molecular weight is 340 g/mol. The molecule has 1 aliphatic heterocycles. The van der Waals surface area contributed by atoms with E-state index >= 15 is 0 Å². The summed E-state index contributed by atoms with van der Waals surface area (Å²) >= 11 is 0. The Kier molecular flexibility index (Phi) is 4.12. The van der Waals surface area contributed by atoms with Crippen molar-refractivity contribution < 1.29 is 13.2 Å². The van der Waals surface area contributed by atoms with Crippen LogP contribution < -0.4 is 15.4 Å². The van der Waals surface area contributed by atoms with Crippen LogP contribution in [0.15, 0.2) is 29.3 Å². The summed E-state index contributed by atoms with van der Waals surface area (Å²) in [6.07, 6.45) is -1.78. The molecular weight excluding hydrogens is 325 g/mol. The molecule has 0 saturated carbocycles. The highest BCUT2D eigenvalue weighted by molar-refractivity contribution is 5.45. The molecule has 1 aliphatic rings. The number of halogens is 3. The zero-order valence-electron chi connectivity index (χ0n) is 12.9. The first-order valence-electron chi connectivity index (χ1n) is 7.28. The lowest BCUT2D eigenvalue weighted by Crippen LogP contribution is -2.47. The Hall–Kier alpha value is -2.65. The molecule has 0 radical (unpaired) electrons. The fourth-order valence-electron chi connectivity index (χ4n) is 2.46. The minimum Gasteiger partial charge on any atom is -0.367 e. The number of hydrogen-bond acceptors (Lipinski definition) is 6. The fourth-order valence-corrected chi connectivity index (χ4v) is 2.46. The molecule has 10 heteroatoms. The summed E-state index contributed by atoms with van der Waals surface area (Å²) < 4.78 is 39.4. The summed E-state index contributed by atoms with van der Waals surface area (Å²) in [4.78, 5) is 22.8. The molecular formula is C14H15F3N6O. The van der Waals surface area contributed by atoms with Gasteiger partial charge in [0, 0.05) is 45.5 Å². The molecule has 24 heavy (non-hydrogen) atoms. The summed E-state index contributed by atoms with van der Waals surface area (Å²) in [7, 11) is 1.56. The minimum atomic E-state index is -4.49. The molecule has 2 aromatic rings. The Morgan fingerprint density at radius 3 is 2.42 bits per heavy atom. The van der Waals surface area contributed by atoms with Crippen molar-refractivity contribution >= 4 is 11.6 Å². The molecule has 3 heterocycles. The number of piperazine rings is 1. The van der Waals surface area contributed by atoms with Gasteiger partial charge < -0.3 is 9.80 Å². The highest BCUT2D eigenvalue weighted by atomic mass is 19.4. The van der Waals surface area contributed by atoms with E-state index in [-0.39, 0.29) is 11.5 Å². The molecule has 2 aromatic heterocycles. The van der Waals surface area contributed by atoms with Crippen molar-refractivity contribution in [1.29, 1.82) is 0 Å². The highest BCUT2D eigenvalue weighted by Gasteiger charge is 2.33.